The highest BCUT2D eigenvalue weighted by Crippen LogP contribution is 2.23. The molecule has 0 amide bonds. The van der Waals surface area contributed by atoms with Crippen LogP contribution in [0.5, 0.6) is 0 Å². The lowest BCUT2D eigenvalue weighted by Gasteiger charge is -2.35. The van der Waals surface area contributed by atoms with Gasteiger partial charge in [0.15, 0.2) is 5.58 Å². The number of benzene rings is 1. The van der Waals surface area contributed by atoms with E-state index >= 15 is 0 Å². The zero-order valence-corrected chi connectivity index (χ0v) is 18.2. The van der Waals surface area contributed by atoms with E-state index in [0.717, 1.165) is 30.2 Å². The van der Waals surface area contributed by atoms with Crippen LogP contribution < -0.4 is 9.80 Å². The van der Waals surface area contributed by atoms with Crippen molar-refractivity contribution < 1.29 is 12.9 Å². The van der Waals surface area contributed by atoms with Gasteiger partial charge in [-0.25, -0.2) is 13.4 Å². The minimum atomic E-state index is -3.49. The molecule has 0 unspecified atom stereocenters. The van der Waals surface area contributed by atoms with Gasteiger partial charge in [-0.2, -0.15) is 9.29 Å². The average Bonchev–Trinajstić information content (AvgIpc) is 3.22. The van der Waals surface area contributed by atoms with Gasteiger partial charge in [-0.1, -0.05) is 17.3 Å². The minimum absolute atomic E-state index is 0.156. The van der Waals surface area contributed by atoms with E-state index in [9.17, 15) is 8.42 Å². The molecule has 10 heteroatoms. The van der Waals surface area contributed by atoms with Gasteiger partial charge in [0.25, 0.3) is 0 Å². The van der Waals surface area contributed by atoms with Crippen molar-refractivity contribution in [1.82, 2.24) is 19.4 Å². The summed E-state index contributed by atoms with van der Waals surface area (Å²) in [4.78, 5) is 13.6. The maximum atomic E-state index is 13.0. The summed E-state index contributed by atoms with van der Waals surface area (Å²) in [6, 6.07) is 9.23. The first kappa shape index (κ1) is 20.2. The van der Waals surface area contributed by atoms with Crippen LogP contribution in [0.3, 0.4) is 0 Å². The topological polar surface area (TPSA) is 95.7 Å². The zero-order valence-electron chi connectivity index (χ0n) is 17.4. The number of aromatic nitrogens is 3. The first-order valence-corrected chi connectivity index (χ1v) is 12.4. The molecule has 2 aliphatic rings. The van der Waals surface area contributed by atoms with Crippen molar-refractivity contribution >= 4 is 32.8 Å². The van der Waals surface area contributed by atoms with E-state index in [4.69, 9.17) is 9.51 Å². The van der Waals surface area contributed by atoms with Gasteiger partial charge in [0.1, 0.15) is 17.3 Å². The third-order valence-electron chi connectivity index (χ3n) is 5.99. The molecule has 0 bridgehead atoms. The Morgan fingerprint density at radius 2 is 1.68 bits per heavy atom. The molecule has 2 aliphatic heterocycles. The van der Waals surface area contributed by atoms with Gasteiger partial charge in [-0.15, -0.1) is 0 Å². The van der Waals surface area contributed by atoms with Crippen LogP contribution in [0.4, 0.5) is 11.8 Å². The summed E-state index contributed by atoms with van der Waals surface area (Å²) in [6.45, 7) is 4.01. The van der Waals surface area contributed by atoms with Crippen LogP contribution in [-0.2, 0) is 15.8 Å². The fourth-order valence-corrected chi connectivity index (χ4v) is 5.72. The minimum Gasteiger partial charge on any atom is -0.356 e. The maximum absolute atomic E-state index is 13.0. The van der Waals surface area contributed by atoms with Crippen molar-refractivity contribution in [3.63, 3.8) is 0 Å². The van der Waals surface area contributed by atoms with Crippen LogP contribution in [0.1, 0.15) is 25.0 Å². The average molecular weight is 443 g/mol. The first-order chi connectivity index (χ1) is 15.1. The Labute approximate surface area is 181 Å². The smallest absolute Gasteiger partial charge is 0.227 e. The molecular weight excluding hydrogens is 416 g/mol. The molecule has 0 N–H and O–H groups in total. The van der Waals surface area contributed by atoms with Gasteiger partial charge in [-0.05, 0) is 37.5 Å². The molecule has 2 fully saturated rings. The summed E-state index contributed by atoms with van der Waals surface area (Å²) in [7, 11) is -3.49. The highest BCUT2D eigenvalue weighted by molar-refractivity contribution is 7.88. The monoisotopic (exact) mass is 442 g/mol. The second kappa shape index (κ2) is 8.43. The molecule has 0 radical (unpaired) electrons. The number of rotatable bonds is 5. The third kappa shape index (κ3) is 4.22. The Morgan fingerprint density at radius 1 is 0.903 bits per heavy atom. The van der Waals surface area contributed by atoms with Crippen molar-refractivity contribution in [3.05, 3.63) is 42.2 Å². The summed E-state index contributed by atoms with van der Waals surface area (Å²) in [5.41, 5.74) is 1.06. The van der Waals surface area contributed by atoms with E-state index in [2.05, 4.69) is 19.9 Å². The fraction of sp³-hybridized carbons (Fsp3) is 0.476. The highest BCUT2D eigenvalue weighted by atomic mass is 32.2. The number of anilines is 2. The predicted molar refractivity (Wildman–Crippen MR) is 119 cm³/mol. The summed E-state index contributed by atoms with van der Waals surface area (Å²) in [5, 5.41) is 4.73. The van der Waals surface area contributed by atoms with Crippen molar-refractivity contribution in [1.29, 1.82) is 0 Å². The number of piperazine rings is 1. The van der Waals surface area contributed by atoms with E-state index in [1.807, 2.05) is 24.3 Å². The molecule has 0 saturated carbocycles. The molecule has 5 rings (SSSR count). The van der Waals surface area contributed by atoms with Gasteiger partial charge >= 0.3 is 0 Å². The van der Waals surface area contributed by atoms with E-state index in [1.165, 1.54) is 19.3 Å². The summed E-state index contributed by atoms with van der Waals surface area (Å²) in [6.07, 6.45) is 5.40. The fourth-order valence-electron chi connectivity index (χ4n) is 4.26. The number of sulfonamides is 1. The highest BCUT2D eigenvalue weighted by Gasteiger charge is 2.29. The zero-order chi connectivity index (χ0) is 21.3. The summed E-state index contributed by atoms with van der Waals surface area (Å²) >= 11 is 0. The van der Waals surface area contributed by atoms with Gasteiger partial charge in [-0.3, -0.25) is 0 Å². The maximum Gasteiger partial charge on any atom is 0.227 e. The second-order valence-electron chi connectivity index (χ2n) is 8.03. The molecule has 0 atom stereocenters. The SMILES string of the molecule is O=S(=O)(Cc1noc2ccccc12)N1CCN(c2ccnc(N3CCCCC3)n2)CC1. The van der Waals surface area contributed by atoms with Gasteiger partial charge in [0.05, 0.1) is 0 Å². The Hall–Kier alpha value is -2.72. The van der Waals surface area contributed by atoms with Crippen molar-refractivity contribution in [3.8, 4) is 0 Å². The first-order valence-electron chi connectivity index (χ1n) is 10.7. The Bertz CT molecular complexity index is 1150. The number of para-hydroxylation sites is 1. The molecule has 4 heterocycles. The molecule has 2 aromatic heterocycles. The normalized spacial score (nSPS) is 18.6. The third-order valence-corrected chi connectivity index (χ3v) is 7.78. The van der Waals surface area contributed by atoms with Gasteiger partial charge < -0.3 is 14.3 Å². The van der Waals surface area contributed by atoms with Crippen molar-refractivity contribution in [2.75, 3.05) is 49.1 Å². The van der Waals surface area contributed by atoms with Crippen LogP contribution in [0, 0.1) is 0 Å². The molecule has 1 aromatic carbocycles. The van der Waals surface area contributed by atoms with Gasteiger partial charge in [0.2, 0.25) is 16.0 Å². The Morgan fingerprint density at radius 3 is 2.48 bits per heavy atom. The standard InChI is InChI=1S/C21H26N6O3S/c28-31(29,16-18-17-6-2-3-7-19(17)30-24-18)27-14-12-25(13-15-27)20-8-9-22-21(23-20)26-10-4-1-5-11-26/h2-3,6-9H,1,4-5,10-16H2. The molecule has 31 heavy (non-hydrogen) atoms. The Kier molecular flexibility index (Phi) is 5.49. The van der Waals surface area contributed by atoms with Crippen molar-refractivity contribution in [2.24, 2.45) is 0 Å². The number of fused-ring (bicyclic) bond motifs is 1. The largest absolute Gasteiger partial charge is 0.356 e. The lowest BCUT2D eigenvalue weighted by molar-refractivity contribution is 0.381. The van der Waals surface area contributed by atoms with E-state index in [1.54, 1.807) is 16.6 Å². The van der Waals surface area contributed by atoms with Crippen LogP contribution in [-0.4, -0.2) is 67.1 Å². The molecule has 164 valence electrons. The number of hydrogen-bond donors (Lipinski definition) is 0. The quantitative estimate of drug-likeness (QED) is 0.594. The van der Waals surface area contributed by atoms with E-state index in [0.29, 0.717) is 37.5 Å². The molecule has 0 spiro atoms. The molecule has 3 aromatic rings. The number of piperidine rings is 1. The molecule has 9 nitrogen and oxygen atoms in total. The second-order valence-corrected chi connectivity index (χ2v) is 10.00. The number of nitrogens with zero attached hydrogens (tertiary/aromatic N) is 6. The van der Waals surface area contributed by atoms with E-state index < -0.39 is 10.0 Å². The molecular formula is C21H26N6O3S. The van der Waals surface area contributed by atoms with Crippen LogP contribution in [0.25, 0.3) is 11.0 Å². The van der Waals surface area contributed by atoms with E-state index in [-0.39, 0.29) is 5.75 Å². The van der Waals surface area contributed by atoms with Gasteiger partial charge in [0, 0.05) is 50.9 Å². The van der Waals surface area contributed by atoms with Crippen molar-refractivity contribution in [2.45, 2.75) is 25.0 Å². The predicted octanol–water partition coefficient (Wildman–Crippen LogP) is 2.26. The summed E-state index contributed by atoms with van der Waals surface area (Å²) < 4.78 is 32.8. The summed E-state index contributed by atoms with van der Waals surface area (Å²) in [5.74, 6) is 1.47. The van der Waals surface area contributed by atoms with Crippen LogP contribution in [0.15, 0.2) is 41.1 Å². The molecule has 2 saturated heterocycles. The lowest BCUT2D eigenvalue weighted by Crippen LogP contribution is -2.49. The molecule has 0 aliphatic carbocycles. The lowest BCUT2D eigenvalue weighted by atomic mass is 10.1. The Balaban J connectivity index is 1.25. The van der Waals surface area contributed by atoms with Crippen LogP contribution >= 0.6 is 0 Å². The number of hydrogen-bond acceptors (Lipinski definition) is 8. The van der Waals surface area contributed by atoms with Crippen LogP contribution in [0.2, 0.25) is 0 Å².